The van der Waals surface area contributed by atoms with Crippen LogP contribution in [0.2, 0.25) is 0 Å². The number of nitrogens with zero attached hydrogens (tertiary/aromatic N) is 1. The Hall–Kier alpha value is -0.860. The zero-order chi connectivity index (χ0) is 11.5. The third-order valence-corrected chi connectivity index (χ3v) is 3.76. The van der Waals surface area contributed by atoms with Crippen molar-refractivity contribution in [3.05, 3.63) is 35.9 Å². The lowest BCUT2D eigenvalue weighted by Gasteiger charge is -2.26. The number of benzene rings is 1. The zero-order valence-electron chi connectivity index (χ0n) is 10.1. The summed E-state index contributed by atoms with van der Waals surface area (Å²) in [4.78, 5) is 2.39. The Morgan fingerprint density at radius 3 is 2.56 bits per heavy atom. The van der Waals surface area contributed by atoms with E-state index in [1.54, 1.807) is 0 Å². The van der Waals surface area contributed by atoms with Crippen molar-refractivity contribution in [2.45, 2.75) is 38.3 Å². The van der Waals surface area contributed by atoms with E-state index in [-0.39, 0.29) is 12.1 Å². The van der Waals surface area contributed by atoms with Gasteiger partial charge in [-0.25, -0.2) is 0 Å². The minimum atomic E-state index is -0.241. The molecule has 1 heterocycles. The highest BCUT2D eigenvalue weighted by molar-refractivity contribution is 5.21. The minimum Gasteiger partial charge on any atom is -0.392 e. The number of hydrogen-bond acceptors (Lipinski definition) is 2. The maximum atomic E-state index is 9.60. The zero-order valence-corrected chi connectivity index (χ0v) is 10.1. The van der Waals surface area contributed by atoms with Gasteiger partial charge in [0, 0.05) is 12.6 Å². The highest BCUT2D eigenvalue weighted by atomic mass is 16.3. The third kappa shape index (κ3) is 2.45. The molecule has 1 aliphatic rings. The number of aliphatic hydroxyl groups excluding tert-OH is 1. The average Bonchev–Trinajstić information content (AvgIpc) is 2.78. The standard InChI is InChI=1S/C14H21NO/c1-11(12(2)16)15-9-8-14(10-15)13-6-4-3-5-7-13/h3-7,11-12,14,16H,8-10H2,1-2H3. The summed E-state index contributed by atoms with van der Waals surface area (Å²) in [6.45, 7) is 6.17. The first-order valence-electron chi connectivity index (χ1n) is 6.15. The van der Waals surface area contributed by atoms with E-state index in [1.165, 1.54) is 12.0 Å². The largest absolute Gasteiger partial charge is 0.392 e. The Morgan fingerprint density at radius 2 is 1.94 bits per heavy atom. The Kier molecular flexibility index (Phi) is 3.62. The molecule has 3 unspecified atom stereocenters. The van der Waals surface area contributed by atoms with Gasteiger partial charge in [-0.05, 0) is 38.3 Å². The second-order valence-corrected chi connectivity index (χ2v) is 4.87. The monoisotopic (exact) mass is 219 g/mol. The molecule has 2 rings (SSSR count). The second kappa shape index (κ2) is 4.98. The molecule has 1 aromatic carbocycles. The fraction of sp³-hybridized carbons (Fsp3) is 0.571. The Balaban J connectivity index is 1.98. The van der Waals surface area contributed by atoms with Crippen LogP contribution in [0.15, 0.2) is 30.3 Å². The summed E-state index contributed by atoms with van der Waals surface area (Å²) < 4.78 is 0. The van der Waals surface area contributed by atoms with Crippen LogP contribution >= 0.6 is 0 Å². The SMILES string of the molecule is CC(O)C(C)N1CCC(c2ccccc2)C1. The fourth-order valence-corrected chi connectivity index (χ4v) is 2.46. The highest BCUT2D eigenvalue weighted by Crippen LogP contribution is 2.28. The smallest absolute Gasteiger partial charge is 0.0664 e. The summed E-state index contributed by atoms with van der Waals surface area (Å²) >= 11 is 0. The number of hydrogen-bond donors (Lipinski definition) is 1. The number of rotatable bonds is 3. The van der Waals surface area contributed by atoms with Crippen LogP contribution < -0.4 is 0 Å². The lowest BCUT2D eigenvalue weighted by molar-refractivity contribution is 0.0849. The summed E-state index contributed by atoms with van der Waals surface area (Å²) in [5.74, 6) is 0.641. The van der Waals surface area contributed by atoms with Crippen LogP contribution in [0.5, 0.6) is 0 Å². The summed E-state index contributed by atoms with van der Waals surface area (Å²) in [5, 5.41) is 9.60. The van der Waals surface area contributed by atoms with Gasteiger partial charge in [-0.2, -0.15) is 0 Å². The molecule has 0 bridgehead atoms. The molecule has 1 aromatic rings. The van der Waals surface area contributed by atoms with Crippen LogP contribution in [0.1, 0.15) is 31.7 Å². The molecule has 1 N–H and O–H groups in total. The van der Waals surface area contributed by atoms with E-state index in [2.05, 4.69) is 42.2 Å². The number of aliphatic hydroxyl groups is 1. The molecule has 3 atom stereocenters. The lowest BCUT2D eigenvalue weighted by atomic mass is 9.99. The third-order valence-electron chi connectivity index (χ3n) is 3.76. The van der Waals surface area contributed by atoms with Crippen LogP contribution in [0.3, 0.4) is 0 Å². The summed E-state index contributed by atoms with van der Waals surface area (Å²) in [7, 11) is 0. The molecule has 0 amide bonds. The Morgan fingerprint density at radius 1 is 1.25 bits per heavy atom. The molecule has 1 saturated heterocycles. The Bertz CT molecular complexity index is 323. The fourth-order valence-electron chi connectivity index (χ4n) is 2.46. The lowest BCUT2D eigenvalue weighted by Crippen LogP contribution is -2.38. The molecule has 0 saturated carbocycles. The predicted molar refractivity (Wildman–Crippen MR) is 66.5 cm³/mol. The average molecular weight is 219 g/mol. The maximum Gasteiger partial charge on any atom is 0.0664 e. The summed E-state index contributed by atoms with van der Waals surface area (Å²) in [5.41, 5.74) is 1.43. The van der Waals surface area contributed by atoms with Crippen LogP contribution in [-0.2, 0) is 0 Å². The van der Waals surface area contributed by atoms with Crippen LogP contribution in [0.25, 0.3) is 0 Å². The van der Waals surface area contributed by atoms with Gasteiger partial charge in [0.1, 0.15) is 0 Å². The first-order chi connectivity index (χ1) is 7.68. The van der Waals surface area contributed by atoms with E-state index in [0.717, 1.165) is 13.1 Å². The van der Waals surface area contributed by atoms with Gasteiger partial charge in [0.15, 0.2) is 0 Å². The van der Waals surface area contributed by atoms with Crippen molar-refractivity contribution >= 4 is 0 Å². The van der Waals surface area contributed by atoms with E-state index >= 15 is 0 Å². The number of likely N-dealkylation sites (tertiary alicyclic amines) is 1. The van der Waals surface area contributed by atoms with Crippen molar-refractivity contribution in [2.75, 3.05) is 13.1 Å². The van der Waals surface area contributed by atoms with Gasteiger partial charge >= 0.3 is 0 Å². The van der Waals surface area contributed by atoms with E-state index in [1.807, 2.05) is 6.92 Å². The van der Waals surface area contributed by atoms with E-state index < -0.39 is 0 Å². The molecule has 88 valence electrons. The van der Waals surface area contributed by atoms with Gasteiger partial charge in [0.05, 0.1) is 6.10 Å². The van der Waals surface area contributed by atoms with E-state index in [4.69, 9.17) is 0 Å². The topological polar surface area (TPSA) is 23.5 Å². The molecule has 0 spiro atoms. The molecule has 1 fully saturated rings. The molecule has 2 nitrogen and oxygen atoms in total. The molecule has 1 aliphatic heterocycles. The van der Waals surface area contributed by atoms with Gasteiger partial charge in [-0.15, -0.1) is 0 Å². The molecule has 0 aromatic heterocycles. The first kappa shape index (κ1) is 11.6. The normalized spacial score (nSPS) is 25.6. The predicted octanol–water partition coefficient (Wildman–Crippen LogP) is 2.25. The van der Waals surface area contributed by atoms with E-state index in [0.29, 0.717) is 5.92 Å². The second-order valence-electron chi connectivity index (χ2n) is 4.87. The first-order valence-corrected chi connectivity index (χ1v) is 6.15. The van der Waals surface area contributed by atoms with Gasteiger partial charge in [-0.1, -0.05) is 30.3 Å². The summed E-state index contributed by atoms with van der Waals surface area (Å²) in [6.07, 6.45) is 0.968. The van der Waals surface area contributed by atoms with E-state index in [9.17, 15) is 5.11 Å². The maximum absolute atomic E-state index is 9.60. The van der Waals surface area contributed by atoms with Crippen molar-refractivity contribution in [2.24, 2.45) is 0 Å². The van der Waals surface area contributed by atoms with Gasteiger partial charge in [0.25, 0.3) is 0 Å². The molecule has 16 heavy (non-hydrogen) atoms. The van der Waals surface area contributed by atoms with Crippen molar-refractivity contribution < 1.29 is 5.11 Å². The van der Waals surface area contributed by atoms with Crippen LogP contribution in [0.4, 0.5) is 0 Å². The minimum absolute atomic E-state index is 0.241. The van der Waals surface area contributed by atoms with Crippen molar-refractivity contribution in [3.8, 4) is 0 Å². The van der Waals surface area contributed by atoms with Crippen LogP contribution in [-0.4, -0.2) is 35.2 Å². The van der Waals surface area contributed by atoms with Gasteiger partial charge < -0.3 is 5.11 Å². The van der Waals surface area contributed by atoms with Gasteiger partial charge in [0.2, 0.25) is 0 Å². The highest BCUT2D eigenvalue weighted by Gasteiger charge is 2.28. The molecule has 0 aliphatic carbocycles. The molecular formula is C14H21NO. The van der Waals surface area contributed by atoms with Crippen molar-refractivity contribution in [1.29, 1.82) is 0 Å². The quantitative estimate of drug-likeness (QED) is 0.843. The molecule has 0 radical (unpaired) electrons. The molecular weight excluding hydrogens is 198 g/mol. The van der Waals surface area contributed by atoms with Crippen molar-refractivity contribution in [1.82, 2.24) is 4.90 Å². The van der Waals surface area contributed by atoms with Crippen molar-refractivity contribution in [3.63, 3.8) is 0 Å². The molecule has 2 heteroatoms. The summed E-state index contributed by atoms with van der Waals surface area (Å²) in [6, 6.07) is 11.0. The van der Waals surface area contributed by atoms with Crippen LogP contribution in [0, 0.1) is 0 Å². The Labute approximate surface area is 97.9 Å². The van der Waals surface area contributed by atoms with Gasteiger partial charge in [-0.3, -0.25) is 4.90 Å².